The molecule has 4 heteroatoms. The number of ether oxygens (including phenoxy) is 2. The molecule has 0 spiro atoms. The van der Waals surface area contributed by atoms with Crippen molar-refractivity contribution in [2.75, 3.05) is 20.3 Å². The quantitative estimate of drug-likeness (QED) is 0.849. The van der Waals surface area contributed by atoms with E-state index >= 15 is 0 Å². The zero-order valence-electron chi connectivity index (χ0n) is 13.8. The van der Waals surface area contributed by atoms with Gasteiger partial charge in [0.15, 0.2) is 11.5 Å². The molecule has 0 bridgehead atoms. The second-order valence-corrected chi connectivity index (χ2v) is 5.32. The van der Waals surface area contributed by atoms with Gasteiger partial charge in [-0.1, -0.05) is 37.3 Å². The lowest BCUT2D eigenvalue weighted by molar-refractivity contribution is 0.0951. The van der Waals surface area contributed by atoms with E-state index in [-0.39, 0.29) is 11.8 Å². The van der Waals surface area contributed by atoms with Gasteiger partial charge in [-0.2, -0.15) is 0 Å². The molecule has 2 aromatic carbocycles. The van der Waals surface area contributed by atoms with Gasteiger partial charge in [0.05, 0.1) is 13.7 Å². The van der Waals surface area contributed by atoms with E-state index in [1.807, 2.05) is 25.1 Å². The minimum absolute atomic E-state index is 0.114. The van der Waals surface area contributed by atoms with Gasteiger partial charge in [0.1, 0.15) is 0 Å². The Kier molecular flexibility index (Phi) is 6.03. The Morgan fingerprint density at radius 1 is 1.13 bits per heavy atom. The molecular weight excluding hydrogens is 290 g/mol. The lowest BCUT2D eigenvalue weighted by Crippen LogP contribution is -2.27. The van der Waals surface area contributed by atoms with Crippen LogP contribution >= 0.6 is 0 Å². The highest BCUT2D eigenvalue weighted by Crippen LogP contribution is 2.28. The molecule has 0 aliphatic carbocycles. The van der Waals surface area contributed by atoms with E-state index in [0.29, 0.717) is 30.2 Å². The normalized spacial score (nSPS) is 11.6. The molecule has 0 aliphatic rings. The van der Waals surface area contributed by atoms with E-state index in [1.54, 1.807) is 25.3 Å². The molecule has 1 unspecified atom stereocenters. The highest BCUT2D eigenvalue weighted by Gasteiger charge is 2.12. The number of benzene rings is 2. The molecular formula is C19H23NO3. The van der Waals surface area contributed by atoms with Gasteiger partial charge in [0.25, 0.3) is 5.91 Å². The highest BCUT2D eigenvalue weighted by atomic mass is 16.5. The van der Waals surface area contributed by atoms with Crippen molar-refractivity contribution in [2.45, 2.75) is 19.8 Å². The number of nitrogens with one attached hydrogen (secondary N) is 1. The summed E-state index contributed by atoms with van der Waals surface area (Å²) >= 11 is 0. The van der Waals surface area contributed by atoms with Gasteiger partial charge in [-0.15, -0.1) is 0 Å². The molecule has 1 N–H and O–H groups in total. The predicted molar refractivity (Wildman–Crippen MR) is 91.4 cm³/mol. The lowest BCUT2D eigenvalue weighted by atomic mass is 10.0. The molecule has 1 atom stereocenters. The fraction of sp³-hybridized carbons (Fsp3) is 0.316. The summed E-state index contributed by atoms with van der Waals surface area (Å²) in [6.45, 7) is 5.09. The molecule has 0 heterocycles. The van der Waals surface area contributed by atoms with Gasteiger partial charge in [-0.05, 0) is 36.6 Å². The van der Waals surface area contributed by atoms with Crippen molar-refractivity contribution in [3.8, 4) is 11.5 Å². The van der Waals surface area contributed by atoms with Crippen LogP contribution in [0.2, 0.25) is 0 Å². The number of amides is 1. The number of carbonyl (C=O) groups is 1. The third-order valence-electron chi connectivity index (χ3n) is 3.66. The Bertz CT molecular complexity index is 640. The Morgan fingerprint density at radius 2 is 1.87 bits per heavy atom. The molecule has 2 aromatic rings. The number of rotatable bonds is 7. The fourth-order valence-corrected chi connectivity index (χ4v) is 2.33. The monoisotopic (exact) mass is 313 g/mol. The van der Waals surface area contributed by atoms with Crippen molar-refractivity contribution in [3.63, 3.8) is 0 Å². The first-order valence-corrected chi connectivity index (χ1v) is 7.79. The highest BCUT2D eigenvalue weighted by molar-refractivity contribution is 5.94. The Balaban J connectivity index is 2.01. The third kappa shape index (κ3) is 4.49. The molecule has 0 radical (unpaired) electrons. The molecule has 0 aliphatic heterocycles. The number of methoxy groups -OCH3 is 1. The van der Waals surface area contributed by atoms with E-state index in [2.05, 4.69) is 24.4 Å². The fourth-order valence-electron chi connectivity index (χ4n) is 2.33. The summed E-state index contributed by atoms with van der Waals surface area (Å²) in [6.07, 6.45) is 0. The average Bonchev–Trinajstić information content (AvgIpc) is 2.60. The molecule has 2 rings (SSSR count). The van der Waals surface area contributed by atoms with Crippen LogP contribution in [0, 0.1) is 0 Å². The van der Waals surface area contributed by atoms with Gasteiger partial charge >= 0.3 is 0 Å². The van der Waals surface area contributed by atoms with E-state index in [4.69, 9.17) is 9.47 Å². The average molecular weight is 313 g/mol. The first kappa shape index (κ1) is 16.9. The topological polar surface area (TPSA) is 47.6 Å². The van der Waals surface area contributed by atoms with Crippen LogP contribution in [-0.2, 0) is 0 Å². The summed E-state index contributed by atoms with van der Waals surface area (Å²) in [6, 6.07) is 15.3. The molecule has 23 heavy (non-hydrogen) atoms. The first-order valence-electron chi connectivity index (χ1n) is 7.79. The van der Waals surface area contributed by atoms with Crippen LogP contribution in [0.5, 0.6) is 11.5 Å². The van der Waals surface area contributed by atoms with Crippen molar-refractivity contribution in [1.82, 2.24) is 5.32 Å². The van der Waals surface area contributed by atoms with Crippen LogP contribution in [0.3, 0.4) is 0 Å². The van der Waals surface area contributed by atoms with Gasteiger partial charge in [-0.3, -0.25) is 4.79 Å². The SMILES string of the molecule is CCOc1cc(C(=O)NCC(C)c2ccccc2)ccc1OC. The molecule has 0 saturated heterocycles. The van der Waals surface area contributed by atoms with Crippen LogP contribution < -0.4 is 14.8 Å². The first-order chi connectivity index (χ1) is 11.2. The second kappa shape index (κ2) is 8.22. The Morgan fingerprint density at radius 3 is 2.52 bits per heavy atom. The standard InChI is InChI=1S/C19H23NO3/c1-4-23-18-12-16(10-11-17(18)22-3)19(21)20-13-14(2)15-8-6-5-7-9-15/h5-12,14H,4,13H2,1-3H3,(H,20,21). The van der Waals surface area contributed by atoms with Crippen LogP contribution in [0.15, 0.2) is 48.5 Å². The van der Waals surface area contributed by atoms with E-state index in [0.717, 1.165) is 0 Å². The van der Waals surface area contributed by atoms with Gasteiger partial charge in [0, 0.05) is 12.1 Å². The molecule has 0 aromatic heterocycles. The van der Waals surface area contributed by atoms with Crippen molar-refractivity contribution < 1.29 is 14.3 Å². The summed E-state index contributed by atoms with van der Waals surface area (Å²) in [5, 5.41) is 2.97. The van der Waals surface area contributed by atoms with Gasteiger partial charge in [-0.25, -0.2) is 0 Å². The molecule has 4 nitrogen and oxygen atoms in total. The summed E-state index contributed by atoms with van der Waals surface area (Å²) < 4.78 is 10.7. The van der Waals surface area contributed by atoms with Crippen LogP contribution in [0.4, 0.5) is 0 Å². The summed E-state index contributed by atoms with van der Waals surface area (Å²) in [7, 11) is 1.58. The molecule has 122 valence electrons. The summed E-state index contributed by atoms with van der Waals surface area (Å²) in [5.74, 6) is 1.35. The van der Waals surface area contributed by atoms with Crippen LogP contribution in [0.25, 0.3) is 0 Å². The van der Waals surface area contributed by atoms with Crippen LogP contribution in [-0.4, -0.2) is 26.2 Å². The minimum atomic E-state index is -0.114. The van der Waals surface area contributed by atoms with Gasteiger partial charge in [0.2, 0.25) is 0 Å². The maximum atomic E-state index is 12.3. The van der Waals surface area contributed by atoms with E-state index < -0.39 is 0 Å². The second-order valence-electron chi connectivity index (χ2n) is 5.32. The van der Waals surface area contributed by atoms with Crippen LogP contribution in [0.1, 0.15) is 35.7 Å². The molecule has 0 fully saturated rings. The smallest absolute Gasteiger partial charge is 0.251 e. The minimum Gasteiger partial charge on any atom is -0.493 e. The Hall–Kier alpha value is -2.49. The van der Waals surface area contributed by atoms with Crippen molar-refractivity contribution in [2.24, 2.45) is 0 Å². The predicted octanol–water partition coefficient (Wildman–Crippen LogP) is 3.63. The van der Waals surface area contributed by atoms with Crippen molar-refractivity contribution in [3.05, 3.63) is 59.7 Å². The Labute approximate surface area is 137 Å². The zero-order chi connectivity index (χ0) is 16.7. The van der Waals surface area contributed by atoms with E-state index in [9.17, 15) is 4.79 Å². The van der Waals surface area contributed by atoms with Crippen molar-refractivity contribution >= 4 is 5.91 Å². The van der Waals surface area contributed by atoms with Gasteiger partial charge < -0.3 is 14.8 Å². The maximum Gasteiger partial charge on any atom is 0.251 e. The van der Waals surface area contributed by atoms with Crippen molar-refractivity contribution in [1.29, 1.82) is 0 Å². The van der Waals surface area contributed by atoms with E-state index in [1.165, 1.54) is 5.56 Å². The molecule has 1 amide bonds. The lowest BCUT2D eigenvalue weighted by Gasteiger charge is -2.14. The number of carbonyl (C=O) groups excluding carboxylic acids is 1. The largest absolute Gasteiger partial charge is 0.493 e. The third-order valence-corrected chi connectivity index (χ3v) is 3.66. The number of hydrogen-bond donors (Lipinski definition) is 1. The summed E-state index contributed by atoms with van der Waals surface area (Å²) in [5.41, 5.74) is 1.77. The summed E-state index contributed by atoms with van der Waals surface area (Å²) in [4.78, 5) is 12.3. The number of hydrogen-bond acceptors (Lipinski definition) is 3. The maximum absolute atomic E-state index is 12.3. The molecule has 0 saturated carbocycles. The zero-order valence-corrected chi connectivity index (χ0v) is 13.8.